The maximum atomic E-state index is 5.79. The van der Waals surface area contributed by atoms with Crippen molar-refractivity contribution in [2.45, 2.75) is 13.3 Å². The normalized spacial score (nSPS) is 10.9. The van der Waals surface area contributed by atoms with Crippen LogP contribution >= 0.6 is 0 Å². The van der Waals surface area contributed by atoms with Gasteiger partial charge < -0.3 is 10.5 Å². The molecule has 0 bridgehead atoms. The summed E-state index contributed by atoms with van der Waals surface area (Å²) in [6.45, 7) is 0.992. The summed E-state index contributed by atoms with van der Waals surface area (Å²) in [5.74, 6) is 0. The summed E-state index contributed by atoms with van der Waals surface area (Å²) in [6.07, 6.45) is 1.82. The lowest BCUT2D eigenvalue weighted by Gasteiger charge is -2.06. The molecule has 96 valence electrons. The molecule has 4 heteroatoms. The Morgan fingerprint density at radius 3 is 2.79 bits per heavy atom. The topological polar surface area (TPSA) is 53.1 Å². The van der Waals surface area contributed by atoms with Crippen molar-refractivity contribution < 1.29 is 4.74 Å². The van der Waals surface area contributed by atoms with Crippen molar-refractivity contribution in [1.29, 1.82) is 0 Å². The van der Waals surface area contributed by atoms with Crippen molar-refractivity contribution in [3.63, 3.8) is 0 Å². The molecule has 0 aliphatic carbocycles. The molecule has 0 fully saturated rings. The maximum absolute atomic E-state index is 5.79. The van der Waals surface area contributed by atoms with Crippen LogP contribution in [-0.2, 0) is 18.1 Å². The van der Waals surface area contributed by atoms with Crippen molar-refractivity contribution >= 4 is 16.6 Å². The highest BCUT2D eigenvalue weighted by Gasteiger charge is 2.02. The third-order valence-corrected chi connectivity index (χ3v) is 2.99. The molecule has 0 aliphatic heterocycles. The number of rotatable bonds is 4. The van der Waals surface area contributed by atoms with Gasteiger partial charge in [0.25, 0.3) is 0 Å². The molecule has 1 heterocycles. The Morgan fingerprint density at radius 2 is 1.95 bits per heavy atom. The largest absolute Gasteiger partial charge is 0.399 e. The minimum Gasteiger partial charge on any atom is -0.399 e. The van der Waals surface area contributed by atoms with Gasteiger partial charge in [0.05, 0.1) is 18.3 Å². The molecule has 0 amide bonds. The van der Waals surface area contributed by atoms with Crippen LogP contribution in [0.4, 0.5) is 5.69 Å². The fourth-order valence-corrected chi connectivity index (χ4v) is 2.01. The van der Waals surface area contributed by atoms with E-state index in [-0.39, 0.29) is 0 Å². The number of hydrogen-bond acceptors (Lipinski definition) is 3. The zero-order chi connectivity index (χ0) is 13.1. The fourth-order valence-electron chi connectivity index (χ4n) is 2.01. The second-order valence-electron chi connectivity index (χ2n) is 4.43. The van der Waals surface area contributed by atoms with Crippen LogP contribution in [0.25, 0.3) is 10.9 Å². The first-order valence-corrected chi connectivity index (χ1v) is 6.16. The number of nitrogen functional groups attached to an aromatic ring is 1. The minimum absolute atomic E-state index is 0.418. The Hall–Kier alpha value is -2.33. The van der Waals surface area contributed by atoms with Gasteiger partial charge in [-0.25, -0.2) is 4.68 Å². The maximum Gasteiger partial charge on any atom is 0.140 e. The molecule has 3 rings (SSSR count). The molecule has 2 N–H and O–H groups in total. The number of nitrogens with two attached hydrogens (primary N) is 1. The summed E-state index contributed by atoms with van der Waals surface area (Å²) in [7, 11) is 0. The number of nitrogens with zero attached hydrogens (tertiary/aromatic N) is 2. The van der Waals surface area contributed by atoms with Crippen LogP contribution in [0, 0.1) is 0 Å². The van der Waals surface area contributed by atoms with E-state index in [0.717, 1.165) is 22.2 Å². The first-order chi connectivity index (χ1) is 9.33. The molecule has 2 aromatic carbocycles. The third kappa shape index (κ3) is 2.58. The summed E-state index contributed by atoms with van der Waals surface area (Å²) in [4.78, 5) is 0. The molecule has 19 heavy (non-hydrogen) atoms. The lowest BCUT2D eigenvalue weighted by molar-refractivity contribution is 0.0590. The number of benzene rings is 2. The lowest BCUT2D eigenvalue weighted by atomic mass is 10.2. The number of anilines is 1. The summed E-state index contributed by atoms with van der Waals surface area (Å²) in [5, 5.41) is 5.37. The molecule has 0 radical (unpaired) electrons. The van der Waals surface area contributed by atoms with Gasteiger partial charge in [-0.3, -0.25) is 0 Å². The molecule has 0 aliphatic rings. The third-order valence-electron chi connectivity index (χ3n) is 2.99. The van der Waals surface area contributed by atoms with Gasteiger partial charge in [-0.1, -0.05) is 30.3 Å². The number of aromatic nitrogens is 2. The Labute approximate surface area is 111 Å². The van der Waals surface area contributed by atoms with Crippen LogP contribution in [0.1, 0.15) is 5.56 Å². The predicted octanol–water partition coefficient (Wildman–Crippen LogP) is 2.79. The van der Waals surface area contributed by atoms with Gasteiger partial charge in [0.2, 0.25) is 0 Å². The van der Waals surface area contributed by atoms with E-state index >= 15 is 0 Å². The van der Waals surface area contributed by atoms with E-state index in [2.05, 4.69) is 5.10 Å². The van der Waals surface area contributed by atoms with E-state index in [1.54, 1.807) is 0 Å². The van der Waals surface area contributed by atoms with Crippen LogP contribution in [-0.4, -0.2) is 9.78 Å². The first-order valence-electron chi connectivity index (χ1n) is 6.16. The van der Waals surface area contributed by atoms with Crippen LogP contribution in [0.15, 0.2) is 54.7 Å². The second kappa shape index (κ2) is 5.12. The summed E-state index contributed by atoms with van der Waals surface area (Å²) >= 11 is 0. The Bertz CT molecular complexity index is 676. The van der Waals surface area contributed by atoms with Crippen LogP contribution in [0.3, 0.4) is 0 Å². The lowest BCUT2D eigenvalue weighted by Crippen LogP contribution is -2.04. The van der Waals surface area contributed by atoms with E-state index in [0.29, 0.717) is 13.3 Å². The number of fused-ring (bicyclic) bond motifs is 1. The zero-order valence-electron chi connectivity index (χ0n) is 10.5. The second-order valence-corrected chi connectivity index (χ2v) is 4.43. The quantitative estimate of drug-likeness (QED) is 0.727. The molecule has 1 aromatic heterocycles. The van der Waals surface area contributed by atoms with Crippen LogP contribution in [0.2, 0.25) is 0 Å². The van der Waals surface area contributed by atoms with Gasteiger partial charge in [-0.15, -0.1) is 0 Å². The van der Waals surface area contributed by atoms with Crippen molar-refractivity contribution in [3.05, 3.63) is 60.3 Å². The summed E-state index contributed by atoms with van der Waals surface area (Å²) < 4.78 is 7.49. The first kappa shape index (κ1) is 11.7. The summed E-state index contributed by atoms with van der Waals surface area (Å²) in [5.41, 5.74) is 8.67. The molecule has 0 atom stereocenters. The fraction of sp³-hybridized carbons (Fsp3) is 0.133. The van der Waals surface area contributed by atoms with Crippen molar-refractivity contribution in [1.82, 2.24) is 9.78 Å². The standard InChI is InChI=1S/C15H15N3O/c16-14-7-6-13-9-17-18(15(13)8-14)11-19-10-12-4-2-1-3-5-12/h1-9H,10-11,16H2. The van der Waals surface area contributed by atoms with Crippen molar-refractivity contribution in [2.24, 2.45) is 0 Å². The zero-order valence-corrected chi connectivity index (χ0v) is 10.5. The molecule has 3 aromatic rings. The van der Waals surface area contributed by atoms with Gasteiger partial charge in [-0.05, 0) is 23.8 Å². The van der Waals surface area contributed by atoms with Crippen molar-refractivity contribution in [3.8, 4) is 0 Å². The molecule has 4 nitrogen and oxygen atoms in total. The number of ether oxygens (including phenoxy) is 1. The number of hydrogen-bond donors (Lipinski definition) is 1. The highest BCUT2D eigenvalue weighted by Crippen LogP contribution is 2.17. The van der Waals surface area contributed by atoms with Gasteiger partial charge >= 0.3 is 0 Å². The van der Waals surface area contributed by atoms with Gasteiger partial charge in [-0.2, -0.15) is 5.10 Å². The molecule has 0 saturated heterocycles. The molecule has 0 unspecified atom stereocenters. The van der Waals surface area contributed by atoms with Gasteiger partial charge in [0, 0.05) is 11.1 Å². The van der Waals surface area contributed by atoms with Gasteiger partial charge in [0.1, 0.15) is 6.73 Å². The van der Waals surface area contributed by atoms with E-state index in [4.69, 9.17) is 10.5 Å². The average Bonchev–Trinajstić information content (AvgIpc) is 2.83. The van der Waals surface area contributed by atoms with E-state index in [1.807, 2.05) is 59.4 Å². The highest BCUT2D eigenvalue weighted by atomic mass is 16.5. The molecular formula is C15H15N3O. The van der Waals surface area contributed by atoms with Crippen molar-refractivity contribution in [2.75, 3.05) is 5.73 Å². The Kier molecular flexibility index (Phi) is 3.16. The Morgan fingerprint density at radius 1 is 1.11 bits per heavy atom. The minimum atomic E-state index is 0.418. The highest BCUT2D eigenvalue weighted by molar-refractivity contribution is 5.81. The summed E-state index contributed by atoms with van der Waals surface area (Å²) in [6, 6.07) is 15.8. The SMILES string of the molecule is Nc1ccc2cnn(COCc3ccccc3)c2c1. The molecular weight excluding hydrogens is 238 g/mol. The Balaban J connectivity index is 1.70. The van der Waals surface area contributed by atoms with Gasteiger partial charge in [0.15, 0.2) is 0 Å². The van der Waals surface area contributed by atoms with E-state index in [9.17, 15) is 0 Å². The smallest absolute Gasteiger partial charge is 0.140 e. The molecule has 0 saturated carbocycles. The molecule has 0 spiro atoms. The monoisotopic (exact) mass is 253 g/mol. The van der Waals surface area contributed by atoms with Crippen LogP contribution < -0.4 is 5.73 Å². The van der Waals surface area contributed by atoms with E-state index < -0.39 is 0 Å². The van der Waals surface area contributed by atoms with E-state index in [1.165, 1.54) is 0 Å². The average molecular weight is 253 g/mol. The predicted molar refractivity (Wildman–Crippen MR) is 75.4 cm³/mol. The van der Waals surface area contributed by atoms with Crippen LogP contribution in [0.5, 0.6) is 0 Å².